The third-order valence-corrected chi connectivity index (χ3v) is 4.29. The van der Waals surface area contributed by atoms with E-state index in [1.165, 1.54) is 0 Å². The highest BCUT2D eigenvalue weighted by molar-refractivity contribution is 6.30. The van der Waals surface area contributed by atoms with Crippen molar-refractivity contribution in [3.05, 3.63) is 34.9 Å². The van der Waals surface area contributed by atoms with Gasteiger partial charge in [0.25, 0.3) is 5.91 Å². The minimum Gasteiger partial charge on any atom is -0.400 e. The number of likely N-dealkylation sites (tertiary alicyclic amines) is 1. The summed E-state index contributed by atoms with van der Waals surface area (Å²) in [5.74, 6) is -0.658. The van der Waals surface area contributed by atoms with Gasteiger partial charge in [-0.2, -0.15) is 0 Å². The van der Waals surface area contributed by atoms with E-state index in [2.05, 4.69) is 0 Å². The second-order valence-corrected chi connectivity index (χ2v) is 6.50. The van der Waals surface area contributed by atoms with E-state index in [1.54, 1.807) is 0 Å². The van der Waals surface area contributed by atoms with Crippen LogP contribution in [0, 0.1) is 0 Å². The molecular formula is C17H24ClNO4. The molecule has 23 heavy (non-hydrogen) atoms. The first-order chi connectivity index (χ1) is 11.0. The Morgan fingerprint density at radius 2 is 2.13 bits per heavy atom. The monoisotopic (exact) mass is 341 g/mol. The number of rotatable bonds is 2. The summed E-state index contributed by atoms with van der Waals surface area (Å²) in [4.78, 5) is 14.6. The lowest BCUT2D eigenvalue weighted by molar-refractivity contribution is -0.160. The Kier molecular flexibility index (Phi) is 6.03. The second kappa shape index (κ2) is 7.62. The van der Waals surface area contributed by atoms with Gasteiger partial charge in [-0.3, -0.25) is 4.79 Å². The highest BCUT2D eigenvalue weighted by Crippen LogP contribution is 2.35. The lowest BCUT2D eigenvalue weighted by Gasteiger charge is -2.27. The van der Waals surface area contributed by atoms with Gasteiger partial charge < -0.3 is 19.5 Å². The molecule has 5 nitrogen and oxygen atoms in total. The van der Waals surface area contributed by atoms with Crippen molar-refractivity contribution in [3.8, 4) is 0 Å². The van der Waals surface area contributed by atoms with Gasteiger partial charge in [-0.25, -0.2) is 0 Å². The fraction of sp³-hybridized carbons (Fsp3) is 0.588. The molecule has 1 amide bonds. The van der Waals surface area contributed by atoms with Crippen LogP contribution in [0.4, 0.5) is 0 Å². The zero-order valence-corrected chi connectivity index (χ0v) is 14.5. The molecule has 2 atom stereocenters. The first kappa shape index (κ1) is 18.2. The number of halogens is 1. The Hall–Kier alpha value is -1.14. The van der Waals surface area contributed by atoms with E-state index >= 15 is 0 Å². The van der Waals surface area contributed by atoms with Crippen LogP contribution in [0.3, 0.4) is 0 Å². The van der Waals surface area contributed by atoms with E-state index in [-0.39, 0.29) is 11.9 Å². The number of carbonyl (C=O) groups is 1. The zero-order valence-electron chi connectivity index (χ0n) is 13.8. The Bertz CT molecular complexity index is 549. The number of aliphatic hydroxyl groups excluding tert-OH is 1. The third kappa shape index (κ3) is 4.23. The van der Waals surface area contributed by atoms with Crippen molar-refractivity contribution in [1.29, 1.82) is 0 Å². The highest BCUT2D eigenvalue weighted by atomic mass is 35.5. The molecule has 2 aliphatic rings. The van der Waals surface area contributed by atoms with Crippen LogP contribution >= 0.6 is 11.6 Å². The smallest absolute Gasteiger partial charge is 0.254 e. The Morgan fingerprint density at radius 1 is 1.39 bits per heavy atom. The molecule has 0 radical (unpaired) electrons. The van der Waals surface area contributed by atoms with Gasteiger partial charge in [0, 0.05) is 18.7 Å². The molecule has 0 aliphatic carbocycles. The molecule has 0 bridgehead atoms. The van der Waals surface area contributed by atoms with Gasteiger partial charge in [-0.15, -0.1) is 0 Å². The normalized spacial score (nSPS) is 25.9. The first-order valence-corrected chi connectivity index (χ1v) is 8.16. The molecule has 0 saturated carbocycles. The summed E-state index contributed by atoms with van der Waals surface area (Å²) in [6.07, 6.45) is 1.46. The summed E-state index contributed by atoms with van der Waals surface area (Å²) in [6, 6.07) is 7.83. The second-order valence-electron chi connectivity index (χ2n) is 6.06. The Balaban J connectivity index is 0.000000924. The molecule has 6 heteroatoms. The number of amides is 1. The lowest BCUT2D eigenvalue weighted by atomic mass is 10.0. The summed E-state index contributed by atoms with van der Waals surface area (Å²) in [5.41, 5.74) is 1.09. The van der Waals surface area contributed by atoms with Crippen molar-refractivity contribution in [1.82, 2.24) is 4.90 Å². The molecular weight excluding hydrogens is 318 g/mol. The van der Waals surface area contributed by atoms with Crippen LogP contribution in [-0.4, -0.2) is 48.1 Å². The van der Waals surface area contributed by atoms with Gasteiger partial charge in [0.1, 0.15) is 0 Å². The number of benzene rings is 1. The molecule has 1 N–H and O–H groups in total. The minimum absolute atomic E-state index is 0.0167. The predicted molar refractivity (Wildman–Crippen MR) is 88.2 cm³/mol. The van der Waals surface area contributed by atoms with E-state index in [1.807, 2.05) is 43.0 Å². The third-order valence-electron chi connectivity index (χ3n) is 4.05. The van der Waals surface area contributed by atoms with Crippen molar-refractivity contribution in [3.63, 3.8) is 0 Å². The molecule has 2 aliphatic heterocycles. The standard InChI is InChI=1S/C16H20ClNO3.CH4O/c1-16(2)20-10-14(21-16)15(19)18-8-4-7-13(18)11-5-3-6-12(17)9-11;1-2/h3,5-6,9,13-14H,4,7-8,10H2,1-2H3;2H,1H3. The van der Waals surface area contributed by atoms with Crippen LogP contribution in [0.15, 0.2) is 24.3 Å². The summed E-state index contributed by atoms with van der Waals surface area (Å²) in [5, 5.41) is 7.70. The largest absolute Gasteiger partial charge is 0.400 e. The number of hydrogen-bond donors (Lipinski definition) is 1. The molecule has 2 saturated heterocycles. The summed E-state index contributed by atoms with van der Waals surface area (Å²) >= 11 is 6.07. The van der Waals surface area contributed by atoms with Crippen molar-refractivity contribution in [2.45, 2.75) is 44.6 Å². The molecule has 2 heterocycles. The maximum absolute atomic E-state index is 12.7. The minimum atomic E-state index is -0.675. The highest BCUT2D eigenvalue weighted by Gasteiger charge is 2.41. The molecule has 1 aromatic rings. The molecule has 3 rings (SSSR count). The van der Waals surface area contributed by atoms with Crippen LogP contribution in [0.5, 0.6) is 0 Å². The fourth-order valence-electron chi connectivity index (χ4n) is 3.08. The van der Waals surface area contributed by atoms with Gasteiger partial charge in [-0.05, 0) is 44.4 Å². The fourth-order valence-corrected chi connectivity index (χ4v) is 3.28. The Labute approximate surface area is 142 Å². The van der Waals surface area contributed by atoms with Crippen molar-refractivity contribution in [2.75, 3.05) is 20.3 Å². The summed E-state index contributed by atoms with van der Waals surface area (Å²) in [6.45, 7) is 4.75. The molecule has 2 unspecified atom stereocenters. The quantitative estimate of drug-likeness (QED) is 0.898. The predicted octanol–water partition coefficient (Wildman–Crippen LogP) is 2.76. The average Bonchev–Trinajstić information content (AvgIpc) is 3.15. The first-order valence-electron chi connectivity index (χ1n) is 7.79. The average molecular weight is 342 g/mol. The molecule has 0 spiro atoms. The summed E-state index contributed by atoms with van der Waals surface area (Å²) in [7, 11) is 1.00. The van der Waals surface area contributed by atoms with Crippen LogP contribution in [-0.2, 0) is 14.3 Å². The summed E-state index contributed by atoms with van der Waals surface area (Å²) < 4.78 is 11.2. The maximum Gasteiger partial charge on any atom is 0.254 e. The van der Waals surface area contributed by atoms with Crippen LogP contribution in [0.25, 0.3) is 0 Å². The van der Waals surface area contributed by atoms with E-state index in [0.717, 1.165) is 32.1 Å². The van der Waals surface area contributed by atoms with E-state index in [4.69, 9.17) is 26.2 Å². The van der Waals surface area contributed by atoms with E-state index in [0.29, 0.717) is 11.6 Å². The SMILES string of the molecule is CC1(C)OCC(C(=O)N2CCCC2c2cccc(Cl)c2)O1.CO. The molecule has 1 aromatic carbocycles. The van der Waals surface area contributed by atoms with Gasteiger partial charge in [-0.1, -0.05) is 23.7 Å². The number of ether oxygens (including phenoxy) is 2. The Morgan fingerprint density at radius 3 is 2.74 bits per heavy atom. The van der Waals surface area contributed by atoms with Crippen LogP contribution in [0.1, 0.15) is 38.3 Å². The topological polar surface area (TPSA) is 59.0 Å². The van der Waals surface area contributed by atoms with Gasteiger partial charge in [0.15, 0.2) is 11.9 Å². The molecule has 0 aromatic heterocycles. The van der Waals surface area contributed by atoms with Gasteiger partial charge >= 0.3 is 0 Å². The zero-order chi connectivity index (χ0) is 17.0. The van der Waals surface area contributed by atoms with Crippen molar-refractivity contribution in [2.24, 2.45) is 0 Å². The van der Waals surface area contributed by atoms with Crippen molar-refractivity contribution >= 4 is 17.5 Å². The van der Waals surface area contributed by atoms with Gasteiger partial charge in [0.05, 0.1) is 12.6 Å². The van der Waals surface area contributed by atoms with Crippen LogP contribution in [0.2, 0.25) is 5.02 Å². The van der Waals surface area contributed by atoms with Crippen molar-refractivity contribution < 1.29 is 19.4 Å². The lowest BCUT2D eigenvalue weighted by Crippen LogP contribution is -2.40. The number of hydrogen-bond acceptors (Lipinski definition) is 4. The van der Waals surface area contributed by atoms with E-state index in [9.17, 15) is 4.79 Å². The number of nitrogens with zero attached hydrogens (tertiary/aromatic N) is 1. The van der Waals surface area contributed by atoms with Crippen LogP contribution < -0.4 is 0 Å². The molecule has 128 valence electrons. The molecule has 2 fully saturated rings. The number of carbonyl (C=O) groups excluding carboxylic acids is 1. The number of aliphatic hydroxyl groups is 1. The maximum atomic E-state index is 12.7. The van der Waals surface area contributed by atoms with Gasteiger partial charge in [0.2, 0.25) is 0 Å². The van der Waals surface area contributed by atoms with E-state index < -0.39 is 11.9 Å².